The number of hydrogen-bond acceptors (Lipinski definition) is 2. The van der Waals surface area contributed by atoms with Crippen LogP contribution in [0.25, 0.3) is 0 Å². The number of halogens is 2. The maximum Gasteiger partial charge on any atom is 0.0462 e. The minimum Gasteiger partial charge on any atom is -0.396 e. The zero-order valence-corrected chi connectivity index (χ0v) is 11.8. The first-order valence-corrected chi connectivity index (χ1v) is 7.21. The van der Waals surface area contributed by atoms with E-state index < -0.39 is 0 Å². The van der Waals surface area contributed by atoms with E-state index in [2.05, 4.69) is 5.32 Å². The molecule has 0 saturated heterocycles. The van der Waals surface area contributed by atoms with Crippen molar-refractivity contribution in [2.45, 2.75) is 25.8 Å². The number of nitrogens with one attached hydrogen (secondary N) is 1. The number of benzene rings is 1. The molecule has 2 unspecified atom stereocenters. The van der Waals surface area contributed by atoms with Gasteiger partial charge in [-0.25, -0.2) is 0 Å². The van der Waals surface area contributed by atoms with E-state index in [-0.39, 0.29) is 0 Å². The minimum atomic E-state index is 0.315. The first-order valence-electron chi connectivity index (χ1n) is 6.45. The normalized spacial score (nSPS) is 23.5. The number of hydrogen-bond donors (Lipinski definition) is 2. The molecule has 2 nitrogen and oxygen atoms in total. The van der Waals surface area contributed by atoms with Crippen LogP contribution in [0.1, 0.15) is 24.8 Å². The molecule has 1 aromatic rings. The lowest BCUT2D eigenvalue weighted by Gasteiger charge is -2.17. The zero-order valence-electron chi connectivity index (χ0n) is 10.3. The van der Waals surface area contributed by atoms with Crippen LogP contribution in [0.15, 0.2) is 18.2 Å². The Hall–Kier alpha value is -0.280. The van der Waals surface area contributed by atoms with E-state index in [4.69, 9.17) is 23.2 Å². The predicted octanol–water partition coefficient (Wildman–Crippen LogP) is 3.49. The molecule has 18 heavy (non-hydrogen) atoms. The summed E-state index contributed by atoms with van der Waals surface area (Å²) in [5, 5.41) is 14.0. The van der Waals surface area contributed by atoms with Gasteiger partial charge in [-0.2, -0.15) is 0 Å². The summed E-state index contributed by atoms with van der Waals surface area (Å²) in [6.45, 7) is 2.04. The Balaban J connectivity index is 1.81. The van der Waals surface area contributed by atoms with Gasteiger partial charge in [0.1, 0.15) is 0 Å². The first-order chi connectivity index (χ1) is 8.69. The van der Waals surface area contributed by atoms with Crippen LogP contribution in [0, 0.1) is 11.8 Å². The van der Waals surface area contributed by atoms with Crippen molar-refractivity contribution >= 4 is 23.2 Å². The molecule has 0 aromatic heterocycles. The van der Waals surface area contributed by atoms with Crippen molar-refractivity contribution in [3.8, 4) is 0 Å². The van der Waals surface area contributed by atoms with Gasteiger partial charge in [0.05, 0.1) is 0 Å². The van der Waals surface area contributed by atoms with Gasteiger partial charge in [0.15, 0.2) is 0 Å². The van der Waals surface area contributed by atoms with Gasteiger partial charge < -0.3 is 10.4 Å². The largest absolute Gasteiger partial charge is 0.396 e. The summed E-state index contributed by atoms with van der Waals surface area (Å²) in [5.41, 5.74) is 1.10. The Morgan fingerprint density at radius 2 is 1.78 bits per heavy atom. The van der Waals surface area contributed by atoms with Crippen LogP contribution in [0.3, 0.4) is 0 Å². The summed E-state index contributed by atoms with van der Waals surface area (Å²) >= 11 is 11.9. The first kappa shape index (κ1) is 14.1. The molecule has 1 aromatic carbocycles. The van der Waals surface area contributed by atoms with Crippen LogP contribution >= 0.6 is 23.2 Å². The molecule has 1 fully saturated rings. The average molecular weight is 288 g/mol. The molecule has 0 spiro atoms. The third-order valence-electron chi connectivity index (χ3n) is 3.71. The maximum absolute atomic E-state index is 9.26. The Morgan fingerprint density at radius 1 is 1.11 bits per heavy atom. The zero-order chi connectivity index (χ0) is 13.0. The van der Waals surface area contributed by atoms with Gasteiger partial charge in [0, 0.05) is 23.2 Å². The fourth-order valence-corrected chi connectivity index (χ4v) is 3.31. The molecule has 4 heteroatoms. The lowest BCUT2D eigenvalue weighted by Crippen LogP contribution is -2.26. The Labute approximate surface area is 118 Å². The molecule has 0 heterocycles. The Bertz CT molecular complexity index is 377. The van der Waals surface area contributed by atoms with E-state index >= 15 is 0 Å². The van der Waals surface area contributed by atoms with E-state index in [1.165, 1.54) is 12.8 Å². The van der Waals surface area contributed by atoms with Crippen molar-refractivity contribution < 1.29 is 5.11 Å². The molecule has 0 bridgehead atoms. The predicted molar refractivity (Wildman–Crippen MR) is 76.1 cm³/mol. The van der Waals surface area contributed by atoms with Crippen LogP contribution in [0.5, 0.6) is 0 Å². The number of aliphatic hydroxyl groups is 1. The van der Waals surface area contributed by atoms with Gasteiger partial charge in [-0.15, -0.1) is 0 Å². The van der Waals surface area contributed by atoms with E-state index in [0.29, 0.717) is 28.5 Å². The third kappa shape index (κ3) is 3.86. The van der Waals surface area contributed by atoms with E-state index in [9.17, 15) is 5.11 Å². The molecule has 1 aliphatic rings. The van der Waals surface area contributed by atoms with Crippen molar-refractivity contribution in [3.63, 3.8) is 0 Å². The van der Waals surface area contributed by atoms with Gasteiger partial charge in [0.25, 0.3) is 0 Å². The van der Waals surface area contributed by atoms with Gasteiger partial charge in [-0.1, -0.05) is 29.6 Å². The van der Waals surface area contributed by atoms with Crippen molar-refractivity contribution in [2.75, 3.05) is 13.2 Å². The molecule has 100 valence electrons. The Kier molecular flexibility index (Phi) is 5.31. The molecule has 1 saturated carbocycles. The summed E-state index contributed by atoms with van der Waals surface area (Å²) in [5.74, 6) is 1.07. The van der Waals surface area contributed by atoms with Gasteiger partial charge in [-0.05, 0) is 55.0 Å². The SMILES string of the molecule is OCC1CCCC1CNCc1cc(Cl)cc(Cl)c1. The molecular formula is C14H19Cl2NO. The summed E-state index contributed by atoms with van der Waals surface area (Å²) in [4.78, 5) is 0. The summed E-state index contributed by atoms with van der Waals surface area (Å²) in [7, 11) is 0. The smallest absolute Gasteiger partial charge is 0.0462 e. The molecular weight excluding hydrogens is 269 g/mol. The highest BCUT2D eigenvalue weighted by Crippen LogP contribution is 2.30. The second-order valence-corrected chi connectivity index (χ2v) is 5.92. The van der Waals surface area contributed by atoms with Crippen LogP contribution in [0.2, 0.25) is 10.0 Å². The van der Waals surface area contributed by atoms with E-state index in [1.54, 1.807) is 6.07 Å². The monoisotopic (exact) mass is 287 g/mol. The van der Waals surface area contributed by atoms with Crippen molar-refractivity contribution in [1.29, 1.82) is 0 Å². The number of rotatable bonds is 5. The maximum atomic E-state index is 9.26. The topological polar surface area (TPSA) is 32.3 Å². The van der Waals surface area contributed by atoms with Gasteiger partial charge in [0.2, 0.25) is 0 Å². The molecule has 2 N–H and O–H groups in total. The highest BCUT2D eigenvalue weighted by molar-refractivity contribution is 6.34. The quantitative estimate of drug-likeness (QED) is 0.869. The van der Waals surface area contributed by atoms with Crippen molar-refractivity contribution in [2.24, 2.45) is 11.8 Å². The molecule has 0 amide bonds. The van der Waals surface area contributed by atoms with Crippen molar-refractivity contribution in [1.82, 2.24) is 5.32 Å². The third-order valence-corrected chi connectivity index (χ3v) is 4.15. The highest BCUT2D eigenvalue weighted by atomic mass is 35.5. The summed E-state index contributed by atoms with van der Waals surface area (Å²) in [6.07, 6.45) is 3.61. The molecule has 2 atom stereocenters. The minimum absolute atomic E-state index is 0.315. The van der Waals surface area contributed by atoms with Gasteiger partial charge in [-0.3, -0.25) is 0 Å². The van der Waals surface area contributed by atoms with E-state index in [1.807, 2.05) is 12.1 Å². The fraction of sp³-hybridized carbons (Fsp3) is 0.571. The summed E-state index contributed by atoms with van der Waals surface area (Å²) in [6, 6.07) is 5.60. The summed E-state index contributed by atoms with van der Waals surface area (Å²) < 4.78 is 0. The molecule has 2 rings (SSSR count). The van der Waals surface area contributed by atoms with Gasteiger partial charge >= 0.3 is 0 Å². The fourth-order valence-electron chi connectivity index (χ4n) is 2.74. The van der Waals surface area contributed by atoms with Crippen LogP contribution in [-0.2, 0) is 6.54 Å². The lowest BCUT2D eigenvalue weighted by molar-refractivity contribution is 0.192. The number of aliphatic hydroxyl groups excluding tert-OH is 1. The highest BCUT2D eigenvalue weighted by Gasteiger charge is 2.25. The van der Waals surface area contributed by atoms with Crippen molar-refractivity contribution in [3.05, 3.63) is 33.8 Å². The van der Waals surface area contributed by atoms with Crippen LogP contribution in [-0.4, -0.2) is 18.3 Å². The van der Waals surface area contributed by atoms with E-state index in [0.717, 1.165) is 25.1 Å². The van der Waals surface area contributed by atoms with Crippen LogP contribution < -0.4 is 5.32 Å². The Morgan fingerprint density at radius 3 is 2.44 bits per heavy atom. The molecule has 0 radical (unpaired) electrons. The second kappa shape index (κ2) is 6.76. The molecule has 0 aliphatic heterocycles. The van der Waals surface area contributed by atoms with Crippen LogP contribution in [0.4, 0.5) is 0 Å². The standard InChI is InChI=1S/C14H19Cl2NO/c15-13-4-10(5-14(16)6-13)7-17-8-11-2-1-3-12(11)9-18/h4-6,11-12,17-18H,1-3,7-9H2. The second-order valence-electron chi connectivity index (χ2n) is 5.04. The molecule has 1 aliphatic carbocycles. The lowest BCUT2D eigenvalue weighted by atomic mass is 9.97. The average Bonchev–Trinajstić information content (AvgIpc) is 2.75.